The molecule has 100 valence electrons. The highest BCUT2D eigenvalue weighted by Gasteiger charge is 2.11. The van der Waals surface area contributed by atoms with Crippen LogP contribution in [0.1, 0.15) is 11.1 Å². The molecule has 19 heavy (non-hydrogen) atoms. The van der Waals surface area contributed by atoms with E-state index in [0.29, 0.717) is 6.42 Å². The molecule has 0 saturated carbocycles. The standard InChI is InChI=1S/C15H16BrFN2/c16-15-7-2-1-5-12(15)10-14(19-18)9-11-4-3-6-13(17)8-11/h1-8,14,19H,9-10,18H2. The number of hydrogen-bond acceptors (Lipinski definition) is 2. The molecule has 2 aromatic carbocycles. The summed E-state index contributed by atoms with van der Waals surface area (Å²) < 4.78 is 14.2. The van der Waals surface area contributed by atoms with Crippen molar-refractivity contribution in [1.29, 1.82) is 0 Å². The molecule has 0 aliphatic rings. The topological polar surface area (TPSA) is 38.0 Å². The normalized spacial score (nSPS) is 12.4. The Kier molecular flexibility index (Phi) is 5.07. The quantitative estimate of drug-likeness (QED) is 0.655. The smallest absolute Gasteiger partial charge is 0.123 e. The lowest BCUT2D eigenvalue weighted by Crippen LogP contribution is -2.38. The predicted molar refractivity (Wildman–Crippen MR) is 79.1 cm³/mol. The van der Waals surface area contributed by atoms with Crippen LogP contribution < -0.4 is 11.3 Å². The largest absolute Gasteiger partial charge is 0.271 e. The summed E-state index contributed by atoms with van der Waals surface area (Å²) in [7, 11) is 0. The number of hydrogen-bond donors (Lipinski definition) is 2. The minimum atomic E-state index is -0.214. The summed E-state index contributed by atoms with van der Waals surface area (Å²) in [4.78, 5) is 0. The highest BCUT2D eigenvalue weighted by atomic mass is 79.9. The van der Waals surface area contributed by atoms with Crippen molar-refractivity contribution in [3.63, 3.8) is 0 Å². The van der Waals surface area contributed by atoms with Gasteiger partial charge in [0.2, 0.25) is 0 Å². The van der Waals surface area contributed by atoms with Crippen molar-refractivity contribution in [3.05, 3.63) is 69.9 Å². The molecule has 1 atom stereocenters. The fourth-order valence-electron chi connectivity index (χ4n) is 2.07. The molecular weight excluding hydrogens is 307 g/mol. The van der Waals surface area contributed by atoms with Crippen LogP contribution in [0.15, 0.2) is 53.0 Å². The first-order valence-corrected chi connectivity index (χ1v) is 6.92. The molecule has 0 aliphatic carbocycles. The molecule has 0 bridgehead atoms. The lowest BCUT2D eigenvalue weighted by molar-refractivity contribution is 0.520. The third-order valence-corrected chi connectivity index (χ3v) is 3.80. The molecular formula is C15H16BrFN2. The van der Waals surface area contributed by atoms with E-state index >= 15 is 0 Å². The van der Waals surface area contributed by atoms with E-state index < -0.39 is 0 Å². The van der Waals surface area contributed by atoms with Crippen LogP contribution in [0.4, 0.5) is 4.39 Å². The lowest BCUT2D eigenvalue weighted by atomic mass is 9.99. The van der Waals surface area contributed by atoms with Gasteiger partial charge in [0.25, 0.3) is 0 Å². The molecule has 2 nitrogen and oxygen atoms in total. The van der Waals surface area contributed by atoms with Crippen molar-refractivity contribution in [3.8, 4) is 0 Å². The maximum absolute atomic E-state index is 13.2. The average Bonchev–Trinajstić information content (AvgIpc) is 2.40. The number of halogens is 2. The summed E-state index contributed by atoms with van der Waals surface area (Å²) in [6.07, 6.45) is 1.48. The Morgan fingerprint density at radius 3 is 2.58 bits per heavy atom. The highest BCUT2D eigenvalue weighted by Crippen LogP contribution is 2.18. The molecule has 0 aliphatic heterocycles. The van der Waals surface area contributed by atoms with Crippen LogP contribution in [0, 0.1) is 5.82 Å². The van der Waals surface area contributed by atoms with E-state index in [9.17, 15) is 4.39 Å². The first kappa shape index (κ1) is 14.2. The zero-order valence-electron chi connectivity index (χ0n) is 10.4. The lowest BCUT2D eigenvalue weighted by Gasteiger charge is -2.17. The van der Waals surface area contributed by atoms with Gasteiger partial charge in [-0.15, -0.1) is 0 Å². The summed E-state index contributed by atoms with van der Waals surface area (Å²) in [5, 5.41) is 0. The highest BCUT2D eigenvalue weighted by molar-refractivity contribution is 9.10. The number of nitrogens with two attached hydrogens (primary N) is 1. The van der Waals surface area contributed by atoms with Gasteiger partial charge in [0.05, 0.1) is 0 Å². The first-order chi connectivity index (χ1) is 9.19. The number of benzene rings is 2. The van der Waals surface area contributed by atoms with Gasteiger partial charge in [-0.05, 0) is 42.2 Å². The van der Waals surface area contributed by atoms with E-state index in [1.807, 2.05) is 24.3 Å². The van der Waals surface area contributed by atoms with Gasteiger partial charge in [-0.25, -0.2) is 4.39 Å². The Bertz CT molecular complexity index is 545. The molecule has 4 heteroatoms. The van der Waals surface area contributed by atoms with Crippen LogP contribution >= 0.6 is 15.9 Å². The second-order valence-corrected chi connectivity index (χ2v) is 5.35. The molecule has 0 spiro atoms. The third kappa shape index (κ3) is 4.13. The number of rotatable bonds is 5. The average molecular weight is 323 g/mol. The maximum Gasteiger partial charge on any atom is 0.123 e. The van der Waals surface area contributed by atoms with Crippen LogP contribution in [0.5, 0.6) is 0 Å². The first-order valence-electron chi connectivity index (χ1n) is 6.13. The van der Waals surface area contributed by atoms with Gasteiger partial charge in [0.1, 0.15) is 5.82 Å². The summed E-state index contributed by atoms with van der Waals surface area (Å²) in [5.41, 5.74) is 4.92. The van der Waals surface area contributed by atoms with Crippen molar-refractivity contribution < 1.29 is 4.39 Å². The van der Waals surface area contributed by atoms with Crippen LogP contribution in [0.2, 0.25) is 0 Å². The molecule has 0 radical (unpaired) electrons. The van der Waals surface area contributed by atoms with Crippen LogP contribution in [0.25, 0.3) is 0 Å². The fourth-order valence-corrected chi connectivity index (χ4v) is 2.51. The van der Waals surface area contributed by atoms with E-state index in [0.717, 1.165) is 16.5 Å². The van der Waals surface area contributed by atoms with Gasteiger partial charge in [-0.2, -0.15) is 0 Å². The van der Waals surface area contributed by atoms with Crippen LogP contribution in [0.3, 0.4) is 0 Å². The summed E-state index contributed by atoms with van der Waals surface area (Å²) in [5.74, 6) is 5.38. The molecule has 3 N–H and O–H groups in total. The SMILES string of the molecule is NNC(Cc1cccc(F)c1)Cc1ccccc1Br. The second-order valence-electron chi connectivity index (χ2n) is 4.49. The molecule has 1 unspecified atom stereocenters. The second kappa shape index (κ2) is 6.80. The third-order valence-electron chi connectivity index (χ3n) is 3.03. The summed E-state index contributed by atoms with van der Waals surface area (Å²) in [6, 6.07) is 14.7. The Morgan fingerprint density at radius 1 is 1.11 bits per heavy atom. The van der Waals surface area contributed by atoms with Crippen molar-refractivity contribution in [1.82, 2.24) is 5.43 Å². The van der Waals surface area contributed by atoms with Crippen molar-refractivity contribution >= 4 is 15.9 Å². The molecule has 0 amide bonds. The number of nitrogens with one attached hydrogen (secondary N) is 1. The molecule has 2 rings (SSSR count). The molecule has 0 saturated heterocycles. The van der Waals surface area contributed by atoms with Crippen LogP contribution in [-0.2, 0) is 12.8 Å². The fraction of sp³-hybridized carbons (Fsp3) is 0.200. The Morgan fingerprint density at radius 2 is 1.89 bits per heavy atom. The van der Waals surface area contributed by atoms with E-state index in [1.165, 1.54) is 11.6 Å². The van der Waals surface area contributed by atoms with Crippen molar-refractivity contribution in [2.45, 2.75) is 18.9 Å². The molecule has 2 aromatic rings. The Balaban J connectivity index is 2.07. The Hall–Kier alpha value is -1.23. The minimum absolute atomic E-state index is 0.0699. The monoisotopic (exact) mass is 322 g/mol. The van der Waals surface area contributed by atoms with E-state index in [1.54, 1.807) is 12.1 Å². The summed E-state index contributed by atoms with van der Waals surface area (Å²) >= 11 is 3.52. The van der Waals surface area contributed by atoms with E-state index in [4.69, 9.17) is 5.84 Å². The van der Waals surface area contributed by atoms with Gasteiger partial charge < -0.3 is 0 Å². The zero-order valence-corrected chi connectivity index (χ0v) is 12.0. The molecule has 0 heterocycles. The molecule has 0 aromatic heterocycles. The zero-order chi connectivity index (χ0) is 13.7. The van der Waals surface area contributed by atoms with Gasteiger partial charge in [0.15, 0.2) is 0 Å². The van der Waals surface area contributed by atoms with Crippen molar-refractivity contribution in [2.75, 3.05) is 0 Å². The van der Waals surface area contributed by atoms with Gasteiger partial charge in [-0.1, -0.05) is 46.3 Å². The van der Waals surface area contributed by atoms with Gasteiger partial charge in [-0.3, -0.25) is 11.3 Å². The number of hydrazine groups is 1. The van der Waals surface area contributed by atoms with Gasteiger partial charge in [0, 0.05) is 10.5 Å². The van der Waals surface area contributed by atoms with Gasteiger partial charge >= 0.3 is 0 Å². The molecule has 0 fully saturated rings. The van der Waals surface area contributed by atoms with E-state index in [2.05, 4.69) is 27.4 Å². The van der Waals surface area contributed by atoms with Crippen LogP contribution in [-0.4, -0.2) is 6.04 Å². The summed E-state index contributed by atoms with van der Waals surface area (Å²) in [6.45, 7) is 0. The predicted octanol–water partition coefficient (Wildman–Crippen LogP) is 3.21. The Labute approximate surface area is 120 Å². The minimum Gasteiger partial charge on any atom is -0.271 e. The van der Waals surface area contributed by atoms with E-state index in [-0.39, 0.29) is 11.9 Å². The maximum atomic E-state index is 13.2. The van der Waals surface area contributed by atoms with Crippen molar-refractivity contribution in [2.24, 2.45) is 5.84 Å².